The molecule has 9 heteroatoms. The molecule has 0 radical (unpaired) electrons. The number of nitrogen functional groups attached to an aromatic ring is 1. The minimum atomic E-state index is 0.179. The molecule has 1 saturated carbocycles. The second kappa shape index (κ2) is 9.56. The van der Waals surface area contributed by atoms with Crippen molar-refractivity contribution in [1.29, 1.82) is 0 Å². The van der Waals surface area contributed by atoms with Crippen LogP contribution >= 0.6 is 0 Å². The number of hydrogen-bond acceptors (Lipinski definition) is 8. The largest absolute Gasteiger partial charge is 0.508 e. The Labute approximate surface area is 198 Å². The SMILES string of the molecule is Nc1ccc(O)c(CNc2nc(NC3CCC(N)CC3)nc3c2ncn3Cc2ccccc2)c1. The van der Waals surface area contributed by atoms with Gasteiger partial charge in [0.1, 0.15) is 5.75 Å². The van der Waals surface area contributed by atoms with Gasteiger partial charge < -0.3 is 31.8 Å². The Balaban J connectivity index is 1.46. The summed E-state index contributed by atoms with van der Waals surface area (Å²) in [7, 11) is 0. The molecular weight excluding hydrogens is 428 g/mol. The zero-order valence-electron chi connectivity index (χ0n) is 19.0. The van der Waals surface area contributed by atoms with Crippen LogP contribution in [0.25, 0.3) is 11.2 Å². The minimum Gasteiger partial charge on any atom is -0.508 e. The van der Waals surface area contributed by atoms with Crippen molar-refractivity contribution < 1.29 is 5.11 Å². The molecule has 0 saturated heterocycles. The first kappa shape index (κ1) is 22.0. The fourth-order valence-corrected chi connectivity index (χ4v) is 4.40. The van der Waals surface area contributed by atoms with Crippen molar-refractivity contribution in [1.82, 2.24) is 19.5 Å². The number of hydrogen-bond donors (Lipinski definition) is 5. The quantitative estimate of drug-likeness (QED) is 0.209. The molecule has 0 unspecified atom stereocenters. The number of anilines is 3. The predicted molar refractivity (Wildman–Crippen MR) is 135 cm³/mol. The van der Waals surface area contributed by atoms with Crippen LogP contribution < -0.4 is 22.1 Å². The third kappa shape index (κ3) is 4.89. The molecule has 5 rings (SSSR count). The highest BCUT2D eigenvalue weighted by atomic mass is 16.3. The van der Waals surface area contributed by atoms with Gasteiger partial charge in [0.05, 0.1) is 12.9 Å². The monoisotopic (exact) mass is 458 g/mol. The van der Waals surface area contributed by atoms with E-state index >= 15 is 0 Å². The van der Waals surface area contributed by atoms with Gasteiger partial charge in [-0.05, 0) is 49.4 Å². The second-order valence-corrected chi connectivity index (χ2v) is 8.92. The molecule has 0 aliphatic heterocycles. The lowest BCUT2D eigenvalue weighted by molar-refractivity contribution is 0.410. The molecule has 1 aliphatic rings. The maximum absolute atomic E-state index is 10.2. The van der Waals surface area contributed by atoms with Crippen LogP contribution in [-0.2, 0) is 13.1 Å². The number of rotatable bonds is 7. The molecule has 0 bridgehead atoms. The molecule has 1 fully saturated rings. The summed E-state index contributed by atoms with van der Waals surface area (Å²) < 4.78 is 2.03. The molecule has 176 valence electrons. The van der Waals surface area contributed by atoms with Crippen LogP contribution in [0.15, 0.2) is 54.9 Å². The normalized spacial score (nSPS) is 18.1. The minimum absolute atomic E-state index is 0.179. The maximum atomic E-state index is 10.2. The van der Waals surface area contributed by atoms with Crippen LogP contribution in [0.2, 0.25) is 0 Å². The van der Waals surface area contributed by atoms with E-state index in [0.29, 0.717) is 41.6 Å². The average Bonchev–Trinajstić information content (AvgIpc) is 3.24. The Morgan fingerprint density at radius 2 is 1.82 bits per heavy atom. The summed E-state index contributed by atoms with van der Waals surface area (Å²) in [5.74, 6) is 1.34. The van der Waals surface area contributed by atoms with E-state index in [1.54, 1.807) is 24.5 Å². The lowest BCUT2D eigenvalue weighted by atomic mass is 9.92. The van der Waals surface area contributed by atoms with Crippen molar-refractivity contribution in [2.24, 2.45) is 5.73 Å². The van der Waals surface area contributed by atoms with Gasteiger partial charge in [0.25, 0.3) is 0 Å². The Morgan fingerprint density at radius 3 is 2.62 bits per heavy atom. The number of benzene rings is 2. The first-order valence-corrected chi connectivity index (χ1v) is 11.7. The van der Waals surface area contributed by atoms with Crippen molar-refractivity contribution in [3.63, 3.8) is 0 Å². The Hall–Kier alpha value is -3.85. The molecule has 0 atom stereocenters. The van der Waals surface area contributed by atoms with E-state index in [0.717, 1.165) is 36.9 Å². The highest BCUT2D eigenvalue weighted by Crippen LogP contribution is 2.26. The number of nitrogens with two attached hydrogens (primary N) is 2. The Bertz CT molecular complexity index is 1260. The fraction of sp³-hybridized carbons (Fsp3) is 0.320. The Kier molecular flexibility index (Phi) is 6.18. The van der Waals surface area contributed by atoms with Gasteiger partial charge in [-0.2, -0.15) is 9.97 Å². The fourth-order valence-electron chi connectivity index (χ4n) is 4.40. The maximum Gasteiger partial charge on any atom is 0.227 e. The van der Waals surface area contributed by atoms with Gasteiger partial charge in [0.15, 0.2) is 17.0 Å². The standard InChI is InChI=1S/C25H30N8O/c26-18-6-9-20(10-7-18)30-25-31-23(28-13-17-12-19(27)8-11-21(17)34)22-24(32-25)33(15-29-22)14-16-4-2-1-3-5-16/h1-5,8,11-12,15,18,20,34H,6-7,9-10,13-14,26-27H2,(H2,28,30,31,32). The topological polar surface area (TPSA) is 140 Å². The summed E-state index contributed by atoms with van der Waals surface area (Å²) in [5, 5.41) is 17.1. The van der Waals surface area contributed by atoms with E-state index < -0.39 is 0 Å². The zero-order chi connectivity index (χ0) is 23.5. The van der Waals surface area contributed by atoms with E-state index in [1.165, 1.54) is 0 Å². The molecule has 2 aromatic heterocycles. The summed E-state index contributed by atoms with van der Waals surface area (Å²) >= 11 is 0. The number of fused-ring (bicyclic) bond motifs is 1. The number of phenols is 1. The summed E-state index contributed by atoms with van der Waals surface area (Å²) in [6.45, 7) is 1.01. The van der Waals surface area contributed by atoms with Gasteiger partial charge in [-0.25, -0.2) is 4.98 Å². The summed E-state index contributed by atoms with van der Waals surface area (Å²) in [6, 6.07) is 15.8. The average molecular weight is 459 g/mol. The molecule has 7 N–H and O–H groups in total. The first-order chi connectivity index (χ1) is 16.5. The molecule has 9 nitrogen and oxygen atoms in total. The van der Waals surface area contributed by atoms with Gasteiger partial charge in [0.2, 0.25) is 5.95 Å². The molecule has 0 amide bonds. The van der Waals surface area contributed by atoms with Crippen molar-refractivity contribution in [3.05, 3.63) is 66.0 Å². The van der Waals surface area contributed by atoms with E-state index in [4.69, 9.17) is 21.4 Å². The first-order valence-electron chi connectivity index (χ1n) is 11.7. The van der Waals surface area contributed by atoms with E-state index in [2.05, 4.69) is 27.8 Å². The third-order valence-electron chi connectivity index (χ3n) is 6.31. The highest BCUT2D eigenvalue weighted by molar-refractivity contribution is 5.84. The zero-order valence-corrected chi connectivity index (χ0v) is 19.0. The van der Waals surface area contributed by atoms with Gasteiger partial charge in [-0.3, -0.25) is 0 Å². The molecule has 2 heterocycles. The summed E-state index contributed by atoms with van der Waals surface area (Å²) in [4.78, 5) is 14.2. The van der Waals surface area contributed by atoms with Crippen LogP contribution in [-0.4, -0.2) is 36.7 Å². The summed E-state index contributed by atoms with van der Waals surface area (Å²) in [5.41, 5.74) is 15.8. The van der Waals surface area contributed by atoms with Crippen molar-refractivity contribution in [2.45, 2.75) is 50.9 Å². The second-order valence-electron chi connectivity index (χ2n) is 8.92. The van der Waals surface area contributed by atoms with Gasteiger partial charge in [-0.15, -0.1) is 0 Å². The molecule has 34 heavy (non-hydrogen) atoms. The number of nitrogens with zero attached hydrogens (tertiary/aromatic N) is 4. The summed E-state index contributed by atoms with van der Waals surface area (Å²) in [6.07, 6.45) is 5.76. The van der Waals surface area contributed by atoms with Crippen LogP contribution in [0.5, 0.6) is 5.75 Å². The van der Waals surface area contributed by atoms with Gasteiger partial charge in [-0.1, -0.05) is 30.3 Å². The van der Waals surface area contributed by atoms with E-state index in [-0.39, 0.29) is 17.8 Å². The number of nitrogens with one attached hydrogen (secondary N) is 2. The molecular formula is C25H30N8O. The lowest BCUT2D eigenvalue weighted by Crippen LogP contribution is -2.33. The van der Waals surface area contributed by atoms with Gasteiger partial charge >= 0.3 is 0 Å². The number of phenolic OH excluding ortho intramolecular Hbond substituents is 1. The van der Waals surface area contributed by atoms with E-state index in [9.17, 15) is 5.11 Å². The van der Waals surface area contributed by atoms with Crippen LogP contribution in [0.4, 0.5) is 17.5 Å². The molecule has 4 aromatic rings. The van der Waals surface area contributed by atoms with Crippen molar-refractivity contribution in [3.8, 4) is 5.75 Å². The molecule has 1 aliphatic carbocycles. The van der Waals surface area contributed by atoms with Crippen LogP contribution in [0.1, 0.15) is 36.8 Å². The third-order valence-corrected chi connectivity index (χ3v) is 6.31. The van der Waals surface area contributed by atoms with Gasteiger partial charge in [0, 0.05) is 29.9 Å². The smallest absolute Gasteiger partial charge is 0.227 e. The Morgan fingerprint density at radius 1 is 1.03 bits per heavy atom. The number of aromatic nitrogens is 4. The molecule has 2 aromatic carbocycles. The number of aromatic hydroxyl groups is 1. The molecule has 0 spiro atoms. The van der Waals surface area contributed by atoms with Crippen molar-refractivity contribution in [2.75, 3.05) is 16.4 Å². The number of imidazole rings is 1. The van der Waals surface area contributed by atoms with E-state index in [1.807, 2.05) is 22.8 Å². The van der Waals surface area contributed by atoms with Crippen LogP contribution in [0, 0.1) is 0 Å². The lowest BCUT2D eigenvalue weighted by Gasteiger charge is -2.26. The highest BCUT2D eigenvalue weighted by Gasteiger charge is 2.21. The van der Waals surface area contributed by atoms with Crippen molar-refractivity contribution >= 4 is 28.6 Å². The predicted octanol–water partition coefficient (Wildman–Crippen LogP) is 3.46. The van der Waals surface area contributed by atoms with Crippen LogP contribution in [0.3, 0.4) is 0 Å².